The molecule has 1 fully saturated rings. The smallest absolute Gasteiger partial charge is 0.226 e. The van der Waals surface area contributed by atoms with Gasteiger partial charge in [-0.3, -0.25) is 4.79 Å². The molecule has 1 saturated carbocycles. The Morgan fingerprint density at radius 1 is 1.24 bits per heavy atom. The van der Waals surface area contributed by atoms with Crippen molar-refractivity contribution in [2.75, 3.05) is 5.32 Å². The van der Waals surface area contributed by atoms with Gasteiger partial charge in [-0.15, -0.1) is 10.2 Å². The average Bonchev–Trinajstić information content (AvgIpc) is 3.08. The monoisotopic (exact) mass is 372 g/mol. The van der Waals surface area contributed by atoms with E-state index >= 15 is 0 Å². The van der Waals surface area contributed by atoms with E-state index in [0.717, 1.165) is 28.5 Å². The van der Waals surface area contributed by atoms with E-state index in [1.807, 2.05) is 24.3 Å². The highest BCUT2D eigenvalue weighted by molar-refractivity contribution is 8.00. The first kappa shape index (κ1) is 17.9. The molecule has 1 amide bonds. The SMILES string of the molecule is N#Cc1ccc(CSc2nnc(NC(=O)CC3CCCCC3)s2)cc1. The summed E-state index contributed by atoms with van der Waals surface area (Å²) in [5.41, 5.74) is 1.79. The van der Waals surface area contributed by atoms with Crippen LogP contribution >= 0.6 is 23.1 Å². The van der Waals surface area contributed by atoms with Crippen LogP contribution in [0, 0.1) is 17.2 Å². The van der Waals surface area contributed by atoms with Crippen LogP contribution in [0.3, 0.4) is 0 Å². The summed E-state index contributed by atoms with van der Waals surface area (Å²) in [5.74, 6) is 1.33. The summed E-state index contributed by atoms with van der Waals surface area (Å²) in [7, 11) is 0. The van der Waals surface area contributed by atoms with Crippen molar-refractivity contribution in [1.29, 1.82) is 5.26 Å². The Morgan fingerprint density at radius 2 is 2.00 bits per heavy atom. The fraction of sp³-hybridized carbons (Fsp3) is 0.444. The van der Waals surface area contributed by atoms with Crippen molar-refractivity contribution in [3.8, 4) is 6.07 Å². The van der Waals surface area contributed by atoms with Crippen molar-refractivity contribution in [3.05, 3.63) is 35.4 Å². The molecule has 1 aromatic carbocycles. The lowest BCUT2D eigenvalue weighted by Crippen LogP contribution is -2.18. The zero-order valence-corrected chi connectivity index (χ0v) is 15.5. The number of hydrogen-bond donors (Lipinski definition) is 1. The van der Waals surface area contributed by atoms with E-state index in [4.69, 9.17) is 5.26 Å². The molecule has 0 spiro atoms. The quantitative estimate of drug-likeness (QED) is 0.592. The molecule has 0 aliphatic heterocycles. The van der Waals surface area contributed by atoms with Gasteiger partial charge in [-0.25, -0.2) is 0 Å². The molecule has 3 rings (SSSR count). The number of nitrogens with one attached hydrogen (secondary N) is 1. The topological polar surface area (TPSA) is 78.7 Å². The van der Waals surface area contributed by atoms with E-state index < -0.39 is 0 Å². The average molecular weight is 373 g/mol. The minimum absolute atomic E-state index is 0.0479. The lowest BCUT2D eigenvalue weighted by molar-refractivity contribution is -0.117. The Morgan fingerprint density at radius 3 is 2.72 bits per heavy atom. The maximum Gasteiger partial charge on any atom is 0.226 e. The first-order valence-corrected chi connectivity index (χ1v) is 10.3. The van der Waals surface area contributed by atoms with Crippen LogP contribution in [-0.2, 0) is 10.5 Å². The molecule has 25 heavy (non-hydrogen) atoms. The zero-order chi connectivity index (χ0) is 17.5. The van der Waals surface area contributed by atoms with Crippen LogP contribution in [0.4, 0.5) is 5.13 Å². The molecule has 0 radical (unpaired) electrons. The van der Waals surface area contributed by atoms with Crippen molar-refractivity contribution in [1.82, 2.24) is 10.2 Å². The minimum atomic E-state index is 0.0479. The second-order valence-corrected chi connectivity index (χ2v) is 8.43. The number of benzene rings is 1. The molecular weight excluding hydrogens is 352 g/mol. The summed E-state index contributed by atoms with van der Waals surface area (Å²) >= 11 is 2.99. The highest BCUT2D eigenvalue weighted by Crippen LogP contribution is 2.30. The maximum absolute atomic E-state index is 12.1. The minimum Gasteiger partial charge on any atom is -0.300 e. The normalized spacial score (nSPS) is 14.8. The molecule has 1 heterocycles. The molecular formula is C18H20N4OS2. The van der Waals surface area contributed by atoms with Gasteiger partial charge in [0.2, 0.25) is 11.0 Å². The van der Waals surface area contributed by atoms with Gasteiger partial charge in [0.25, 0.3) is 0 Å². The van der Waals surface area contributed by atoms with Crippen LogP contribution in [0.2, 0.25) is 0 Å². The highest BCUT2D eigenvalue weighted by Gasteiger charge is 2.18. The van der Waals surface area contributed by atoms with Gasteiger partial charge in [0.15, 0.2) is 4.34 Å². The largest absolute Gasteiger partial charge is 0.300 e. The summed E-state index contributed by atoms with van der Waals surface area (Å²) < 4.78 is 0.831. The van der Waals surface area contributed by atoms with Crippen LogP contribution in [0.25, 0.3) is 0 Å². The Bertz CT molecular complexity index is 745. The Balaban J connectivity index is 1.46. The Kier molecular flexibility index (Phi) is 6.42. The molecule has 130 valence electrons. The molecule has 0 bridgehead atoms. The molecule has 2 aromatic rings. The number of amides is 1. The molecule has 5 nitrogen and oxygen atoms in total. The molecule has 1 N–H and O–H groups in total. The summed E-state index contributed by atoms with van der Waals surface area (Å²) in [6, 6.07) is 9.62. The number of carbonyl (C=O) groups excluding carboxylic acids is 1. The fourth-order valence-electron chi connectivity index (χ4n) is 2.96. The number of nitriles is 1. The number of anilines is 1. The van der Waals surface area contributed by atoms with E-state index in [1.165, 1.54) is 30.6 Å². The highest BCUT2D eigenvalue weighted by atomic mass is 32.2. The van der Waals surface area contributed by atoms with Gasteiger partial charge < -0.3 is 5.32 Å². The molecule has 1 aromatic heterocycles. The number of hydrogen-bond acceptors (Lipinski definition) is 6. The van der Waals surface area contributed by atoms with Crippen LogP contribution in [0.15, 0.2) is 28.6 Å². The van der Waals surface area contributed by atoms with Crippen molar-refractivity contribution in [3.63, 3.8) is 0 Å². The summed E-state index contributed by atoms with van der Waals surface area (Å²) in [6.45, 7) is 0. The Labute approximate surface area is 155 Å². The van der Waals surface area contributed by atoms with E-state index in [0.29, 0.717) is 23.0 Å². The molecule has 7 heteroatoms. The number of thioether (sulfide) groups is 1. The van der Waals surface area contributed by atoms with Crippen LogP contribution in [0.5, 0.6) is 0 Å². The van der Waals surface area contributed by atoms with Crippen molar-refractivity contribution >= 4 is 34.1 Å². The van der Waals surface area contributed by atoms with E-state index in [9.17, 15) is 4.79 Å². The Hall–Kier alpha value is -1.91. The zero-order valence-electron chi connectivity index (χ0n) is 13.9. The third kappa shape index (κ3) is 5.55. The fourth-order valence-corrected chi connectivity index (χ4v) is 4.69. The van der Waals surface area contributed by atoms with Crippen molar-refractivity contribution < 1.29 is 4.79 Å². The number of aromatic nitrogens is 2. The maximum atomic E-state index is 12.1. The first-order chi connectivity index (χ1) is 12.2. The van der Waals surface area contributed by atoms with E-state index in [2.05, 4.69) is 21.6 Å². The second-order valence-electron chi connectivity index (χ2n) is 6.23. The van der Waals surface area contributed by atoms with Gasteiger partial charge in [0.1, 0.15) is 0 Å². The molecule has 0 unspecified atom stereocenters. The van der Waals surface area contributed by atoms with Crippen LogP contribution in [-0.4, -0.2) is 16.1 Å². The molecule has 1 aliphatic rings. The lowest BCUT2D eigenvalue weighted by atomic mass is 9.87. The van der Waals surface area contributed by atoms with Crippen molar-refractivity contribution in [2.24, 2.45) is 5.92 Å². The predicted octanol–water partition coefficient (Wildman–Crippen LogP) is 4.61. The van der Waals surface area contributed by atoms with Gasteiger partial charge in [-0.2, -0.15) is 5.26 Å². The van der Waals surface area contributed by atoms with E-state index in [1.54, 1.807) is 11.8 Å². The van der Waals surface area contributed by atoms with Crippen LogP contribution in [0.1, 0.15) is 49.7 Å². The standard InChI is InChI=1S/C18H20N4OS2/c19-11-14-6-8-15(9-7-14)12-24-18-22-21-17(25-18)20-16(23)10-13-4-2-1-3-5-13/h6-9,13H,1-5,10,12H2,(H,20,21,23). The summed E-state index contributed by atoms with van der Waals surface area (Å²) in [4.78, 5) is 12.1. The first-order valence-electron chi connectivity index (χ1n) is 8.48. The summed E-state index contributed by atoms with van der Waals surface area (Å²) in [6.07, 6.45) is 6.70. The number of rotatable bonds is 6. The third-order valence-corrected chi connectivity index (χ3v) is 6.34. The van der Waals surface area contributed by atoms with Gasteiger partial charge in [0, 0.05) is 12.2 Å². The summed E-state index contributed by atoms with van der Waals surface area (Å²) in [5, 5.41) is 20.5. The van der Waals surface area contributed by atoms with Gasteiger partial charge in [0.05, 0.1) is 11.6 Å². The molecule has 1 aliphatic carbocycles. The van der Waals surface area contributed by atoms with Crippen molar-refractivity contribution in [2.45, 2.75) is 48.6 Å². The lowest BCUT2D eigenvalue weighted by Gasteiger charge is -2.20. The second kappa shape index (κ2) is 8.97. The van der Waals surface area contributed by atoms with Gasteiger partial charge in [-0.1, -0.05) is 54.5 Å². The molecule has 0 saturated heterocycles. The predicted molar refractivity (Wildman–Crippen MR) is 100 cm³/mol. The van der Waals surface area contributed by atoms with Gasteiger partial charge >= 0.3 is 0 Å². The van der Waals surface area contributed by atoms with Crippen LogP contribution < -0.4 is 5.32 Å². The van der Waals surface area contributed by atoms with E-state index in [-0.39, 0.29) is 5.91 Å². The molecule has 0 atom stereocenters. The number of nitrogens with zero attached hydrogens (tertiary/aromatic N) is 3. The van der Waals surface area contributed by atoms with Gasteiger partial charge in [-0.05, 0) is 36.5 Å². The third-order valence-electron chi connectivity index (χ3n) is 4.30. The number of carbonyl (C=O) groups is 1.